The summed E-state index contributed by atoms with van der Waals surface area (Å²) in [6.45, 7) is 0. The smallest absolute Gasteiger partial charge is 0.264 e. The van der Waals surface area contributed by atoms with Crippen LogP contribution in [0.1, 0.15) is 28.8 Å². The van der Waals surface area contributed by atoms with Crippen LogP contribution >= 0.6 is 15.9 Å². The van der Waals surface area contributed by atoms with Crippen LogP contribution in [-0.4, -0.2) is 11.1 Å². The summed E-state index contributed by atoms with van der Waals surface area (Å²) in [6, 6.07) is 4.09. The molecule has 1 rings (SSSR count). The summed E-state index contributed by atoms with van der Waals surface area (Å²) in [5, 5.41) is 0.433. The SMILES string of the molecule is Nc1cccc(C(F)F)c1C(=O)CCBr. The molecule has 5 heteroatoms. The summed E-state index contributed by atoms with van der Waals surface area (Å²) < 4.78 is 25.2. The van der Waals surface area contributed by atoms with E-state index in [0.717, 1.165) is 0 Å². The molecule has 0 aromatic heterocycles. The Balaban J connectivity index is 3.18. The Labute approximate surface area is 94.6 Å². The van der Waals surface area contributed by atoms with Crippen molar-refractivity contribution in [1.29, 1.82) is 0 Å². The molecule has 0 aliphatic carbocycles. The minimum absolute atomic E-state index is 0.0491. The molecule has 15 heavy (non-hydrogen) atoms. The van der Waals surface area contributed by atoms with Gasteiger partial charge >= 0.3 is 0 Å². The summed E-state index contributed by atoms with van der Waals surface area (Å²) in [6.07, 6.45) is -2.52. The van der Waals surface area contributed by atoms with Gasteiger partial charge in [-0.25, -0.2) is 8.78 Å². The van der Waals surface area contributed by atoms with Crippen molar-refractivity contribution < 1.29 is 13.6 Å². The number of carbonyl (C=O) groups is 1. The first kappa shape index (κ1) is 12.1. The van der Waals surface area contributed by atoms with Crippen molar-refractivity contribution in [3.8, 4) is 0 Å². The van der Waals surface area contributed by atoms with Gasteiger partial charge < -0.3 is 5.73 Å². The Bertz CT molecular complexity index is 368. The number of nitrogens with two attached hydrogens (primary N) is 1. The van der Waals surface area contributed by atoms with E-state index in [9.17, 15) is 13.6 Å². The molecule has 0 heterocycles. The lowest BCUT2D eigenvalue weighted by Gasteiger charge is -2.09. The average Bonchev–Trinajstić information content (AvgIpc) is 2.17. The van der Waals surface area contributed by atoms with Crippen molar-refractivity contribution in [3.63, 3.8) is 0 Å². The fourth-order valence-corrected chi connectivity index (χ4v) is 1.66. The summed E-state index contributed by atoms with van der Waals surface area (Å²) in [5.41, 5.74) is 5.29. The van der Waals surface area contributed by atoms with E-state index in [0.29, 0.717) is 5.33 Å². The highest BCUT2D eigenvalue weighted by Crippen LogP contribution is 2.27. The quantitative estimate of drug-likeness (QED) is 0.522. The second-order valence-corrected chi connectivity index (χ2v) is 3.77. The lowest BCUT2D eigenvalue weighted by molar-refractivity contribution is 0.0977. The van der Waals surface area contributed by atoms with E-state index in [1.165, 1.54) is 18.2 Å². The van der Waals surface area contributed by atoms with Crippen molar-refractivity contribution >= 4 is 27.4 Å². The van der Waals surface area contributed by atoms with E-state index in [2.05, 4.69) is 15.9 Å². The Morgan fingerprint density at radius 1 is 1.47 bits per heavy atom. The van der Waals surface area contributed by atoms with Gasteiger partial charge in [-0.2, -0.15) is 0 Å². The molecule has 0 unspecified atom stereocenters. The molecule has 82 valence electrons. The monoisotopic (exact) mass is 277 g/mol. The number of hydrogen-bond acceptors (Lipinski definition) is 2. The van der Waals surface area contributed by atoms with Gasteiger partial charge in [-0.05, 0) is 6.07 Å². The Morgan fingerprint density at radius 3 is 2.67 bits per heavy atom. The molecule has 0 fully saturated rings. The first-order valence-corrected chi connectivity index (χ1v) is 5.45. The second-order valence-electron chi connectivity index (χ2n) is 2.97. The van der Waals surface area contributed by atoms with Gasteiger partial charge in [0, 0.05) is 28.6 Å². The van der Waals surface area contributed by atoms with Gasteiger partial charge in [-0.15, -0.1) is 0 Å². The van der Waals surface area contributed by atoms with Crippen molar-refractivity contribution in [3.05, 3.63) is 29.3 Å². The van der Waals surface area contributed by atoms with Crippen molar-refractivity contribution in [1.82, 2.24) is 0 Å². The largest absolute Gasteiger partial charge is 0.398 e. The number of carbonyl (C=O) groups excluding carboxylic acids is 1. The highest BCUT2D eigenvalue weighted by atomic mass is 79.9. The van der Waals surface area contributed by atoms with Crippen LogP contribution in [-0.2, 0) is 0 Å². The molecular formula is C10H10BrF2NO. The van der Waals surface area contributed by atoms with Gasteiger partial charge in [-0.3, -0.25) is 4.79 Å². The van der Waals surface area contributed by atoms with Crippen LogP contribution in [0.4, 0.5) is 14.5 Å². The summed E-state index contributed by atoms with van der Waals surface area (Å²) >= 11 is 3.08. The maximum Gasteiger partial charge on any atom is 0.264 e. The van der Waals surface area contributed by atoms with Gasteiger partial charge in [0.05, 0.1) is 0 Å². The molecule has 0 spiro atoms. The fourth-order valence-electron chi connectivity index (χ4n) is 1.30. The van der Waals surface area contributed by atoms with Gasteiger partial charge in [0.1, 0.15) is 0 Å². The Hall–Kier alpha value is -0.970. The third-order valence-electron chi connectivity index (χ3n) is 1.96. The van der Waals surface area contributed by atoms with Crippen LogP contribution in [0.5, 0.6) is 0 Å². The third kappa shape index (κ3) is 2.75. The minimum atomic E-state index is -2.68. The molecule has 1 aromatic carbocycles. The number of Topliss-reactive ketones (excluding diaryl/α,β-unsaturated/α-hetero) is 1. The number of ketones is 1. The fraction of sp³-hybridized carbons (Fsp3) is 0.300. The van der Waals surface area contributed by atoms with Crippen LogP contribution in [0, 0.1) is 0 Å². The highest BCUT2D eigenvalue weighted by Gasteiger charge is 2.19. The molecule has 2 N–H and O–H groups in total. The van der Waals surface area contributed by atoms with Crippen molar-refractivity contribution in [2.24, 2.45) is 0 Å². The molecule has 0 bridgehead atoms. The van der Waals surface area contributed by atoms with Gasteiger partial charge in [0.25, 0.3) is 6.43 Å². The van der Waals surface area contributed by atoms with E-state index in [-0.39, 0.29) is 29.0 Å². The summed E-state index contributed by atoms with van der Waals surface area (Å²) in [5.74, 6) is -0.361. The van der Waals surface area contributed by atoms with E-state index >= 15 is 0 Å². The molecule has 0 aliphatic heterocycles. The number of rotatable bonds is 4. The zero-order valence-corrected chi connectivity index (χ0v) is 9.43. The zero-order chi connectivity index (χ0) is 11.4. The number of halogens is 3. The first-order valence-electron chi connectivity index (χ1n) is 4.33. The van der Waals surface area contributed by atoms with Crippen molar-refractivity contribution in [2.45, 2.75) is 12.8 Å². The van der Waals surface area contributed by atoms with E-state index < -0.39 is 6.43 Å². The predicted molar refractivity (Wildman–Crippen MR) is 58.6 cm³/mol. The molecule has 0 saturated heterocycles. The Morgan fingerprint density at radius 2 is 2.13 bits per heavy atom. The Kier molecular flexibility index (Phi) is 4.20. The number of benzene rings is 1. The van der Waals surface area contributed by atoms with Crippen LogP contribution in [0.2, 0.25) is 0 Å². The minimum Gasteiger partial charge on any atom is -0.398 e. The zero-order valence-electron chi connectivity index (χ0n) is 7.84. The average molecular weight is 278 g/mol. The molecule has 1 aromatic rings. The van der Waals surface area contributed by atoms with Crippen molar-refractivity contribution in [2.75, 3.05) is 11.1 Å². The van der Waals surface area contributed by atoms with E-state index in [4.69, 9.17) is 5.73 Å². The van der Waals surface area contributed by atoms with Crippen LogP contribution in [0.15, 0.2) is 18.2 Å². The molecule has 0 atom stereocenters. The van der Waals surface area contributed by atoms with Crippen LogP contribution in [0.25, 0.3) is 0 Å². The number of hydrogen-bond donors (Lipinski definition) is 1. The first-order chi connectivity index (χ1) is 7.07. The topological polar surface area (TPSA) is 43.1 Å². The van der Waals surface area contributed by atoms with Gasteiger partial charge in [-0.1, -0.05) is 28.1 Å². The maximum absolute atomic E-state index is 12.6. The number of anilines is 1. The summed E-state index contributed by atoms with van der Waals surface area (Å²) in [4.78, 5) is 11.5. The molecule has 0 amide bonds. The van der Waals surface area contributed by atoms with Gasteiger partial charge in [0.2, 0.25) is 0 Å². The summed E-state index contributed by atoms with van der Waals surface area (Å²) in [7, 11) is 0. The number of alkyl halides is 3. The lowest BCUT2D eigenvalue weighted by atomic mass is 10.0. The van der Waals surface area contributed by atoms with E-state index in [1.54, 1.807) is 0 Å². The van der Waals surface area contributed by atoms with Crippen LogP contribution < -0.4 is 5.73 Å². The molecule has 0 radical (unpaired) electrons. The van der Waals surface area contributed by atoms with E-state index in [1.807, 2.05) is 0 Å². The standard InChI is InChI=1S/C10H10BrF2NO/c11-5-4-8(15)9-6(10(12)13)2-1-3-7(9)14/h1-3,10H,4-5,14H2. The van der Waals surface area contributed by atoms with Gasteiger partial charge in [0.15, 0.2) is 5.78 Å². The van der Waals surface area contributed by atoms with Crippen LogP contribution in [0.3, 0.4) is 0 Å². The highest BCUT2D eigenvalue weighted by molar-refractivity contribution is 9.09. The molecule has 0 aliphatic rings. The second kappa shape index (κ2) is 5.21. The predicted octanol–water partition coefficient (Wildman–Crippen LogP) is 3.17. The lowest BCUT2D eigenvalue weighted by Crippen LogP contribution is -2.08. The molecular weight excluding hydrogens is 268 g/mol. The third-order valence-corrected chi connectivity index (χ3v) is 2.36. The molecule has 0 saturated carbocycles. The number of nitrogen functional groups attached to an aromatic ring is 1. The normalized spacial score (nSPS) is 10.7. The molecule has 2 nitrogen and oxygen atoms in total. The maximum atomic E-state index is 12.6.